The molecule has 2 heteroatoms. The normalized spacial score (nSPS) is 16.6. The molecule has 0 aliphatic heterocycles. The van der Waals surface area contributed by atoms with Crippen molar-refractivity contribution in [3.8, 4) is 0 Å². The predicted molar refractivity (Wildman–Crippen MR) is 165 cm³/mol. The van der Waals surface area contributed by atoms with E-state index in [0.29, 0.717) is 11.8 Å². The van der Waals surface area contributed by atoms with Crippen LogP contribution in [-0.4, -0.2) is 11.1 Å². The standard InChI is InChI=1S/C35H56O2/c1-9-11-13-15-17-22-31(7)33(24-29(5)21-19-20-28(3)4)25-30(6)26-34(27-35(36)37)32(8)23-18-16-14-12-10-2/h9-12,17-18,20,22-24,26,31-34H,13-16,19,21,25,27H2,1-8H3,(H,36,37)/b11-9+,12-10+,22-17+,23-18+,29-24+,30-26+. The van der Waals surface area contributed by atoms with Crippen LogP contribution in [0.3, 0.4) is 0 Å². The Balaban J connectivity index is 5.68. The van der Waals surface area contributed by atoms with Crippen LogP contribution in [0.5, 0.6) is 0 Å². The Hall–Kier alpha value is -2.35. The first-order valence-corrected chi connectivity index (χ1v) is 14.4. The summed E-state index contributed by atoms with van der Waals surface area (Å²) >= 11 is 0. The molecule has 0 fully saturated rings. The zero-order valence-electron chi connectivity index (χ0n) is 25.2. The molecule has 0 radical (unpaired) electrons. The molecule has 0 saturated carbocycles. The summed E-state index contributed by atoms with van der Waals surface area (Å²) in [6.07, 6.45) is 32.1. The Labute approximate surface area is 229 Å². The average Bonchev–Trinajstić information content (AvgIpc) is 2.82. The van der Waals surface area contributed by atoms with Crippen molar-refractivity contribution in [2.24, 2.45) is 23.7 Å². The van der Waals surface area contributed by atoms with Crippen LogP contribution in [0.1, 0.15) is 107 Å². The number of hydrogen-bond acceptors (Lipinski definition) is 1. The zero-order valence-corrected chi connectivity index (χ0v) is 25.2. The van der Waals surface area contributed by atoms with E-state index in [0.717, 1.165) is 44.9 Å². The van der Waals surface area contributed by atoms with Crippen molar-refractivity contribution >= 4 is 5.97 Å². The lowest BCUT2D eigenvalue weighted by atomic mass is 9.83. The molecule has 0 spiro atoms. The molecule has 0 aromatic rings. The van der Waals surface area contributed by atoms with Gasteiger partial charge in [0.15, 0.2) is 0 Å². The van der Waals surface area contributed by atoms with Gasteiger partial charge < -0.3 is 5.11 Å². The summed E-state index contributed by atoms with van der Waals surface area (Å²) in [4.78, 5) is 11.6. The molecule has 208 valence electrons. The third kappa shape index (κ3) is 19.4. The lowest BCUT2D eigenvalue weighted by Crippen LogP contribution is -2.14. The molecule has 1 N–H and O–H groups in total. The molecule has 0 heterocycles. The summed E-state index contributed by atoms with van der Waals surface area (Å²) in [6.45, 7) is 17.3. The quantitative estimate of drug-likeness (QED) is 0.139. The zero-order chi connectivity index (χ0) is 28.1. The minimum atomic E-state index is -0.729. The highest BCUT2D eigenvalue weighted by molar-refractivity contribution is 5.67. The molecule has 0 amide bonds. The summed E-state index contributed by atoms with van der Waals surface area (Å²) in [6, 6.07) is 0. The van der Waals surface area contributed by atoms with Crippen LogP contribution in [0.25, 0.3) is 0 Å². The smallest absolute Gasteiger partial charge is 0.303 e. The number of aliphatic carboxylic acids is 1. The molecule has 0 bridgehead atoms. The van der Waals surface area contributed by atoms with Crippen molar-refractivity contribution in [1.82, 2.24) is 0 Å². The van der Waals surface area contributed by atoms with Crippen LogP contribution in [0, 0.1) is 23.7 Å². The molecule has 0 aliphatic rings. The molecule has 4 atom stereocenters. The van der Waals surface area contributed by atoms with E-state index in [2.05, 4.69) is 115 Å². The SMILES string of the molecule is C/C=C/CC/C=C/C(C)C(/C=C(\C)CC(/C=C(\C)CCC=C(C)C)C(C)/C=C/CC/C=C/C)CC(=O)O. The summed E-state index contributed by atoms with van der Waals surface area (Å²) in [7, 11) is 0. The maximum absolute atomic E-state index is 11.6. The van der Waals surface area contributed by atoms with Crippen molar-refractivity contribution in [2.45, 2.75) is 107 Å². The van der Waals surface area contributed by atoms with Gasteiger partial charge in [-0.15, -0.1) is 0 Å². The summed E-state index contributed by atoms with van der Waals surface area (Å²) in [5.41, 5.74) is 4.09. The van der Waals surface area contributed by atoms with Crippen molar-refractivity contribution in [3.63, 3.8) is 0 Å². The fourth-order valence-corrected chi connectivity index (χ4v) is 4.46. The van der Waals surface area contributed by atoms with Gasteiger partial charge in [0.25, 0.3) is 0 Å². The van der Waals surface area contributed by atoms with Crippen LogP contribution < -0.4 is 0 Å². The number of carboxylic acids is 1. The van der Waals surface area contributed by atoms with Gasteiger partial charge in [-0.3, -0.25) is 4.79 Å². The van der Waals surface area contributed by atoms with E-state index in [1.807, 2.05) is 6.92 Å². The molecule has 0 saturated heterocycles. The second kappa shape index (κ2) is 21.7. The Morgan fingerprint density at radius 2 is 1.14 bits per heavy atom. The lowest BCUT2D eigenvalue weighted by molar-refractivity contribution is -0.137. The van der Waals surface area contributed by atoms with E-state index in [4.69, 9.17) is 0 Å². The van der Waals surface area contributed by atoms with Gasteiger partial charge in [-0.2, -0.15) is 0 Å². The van der Waals surface area contributed by atoms with Gasteiger partial charge in [-0.25, -0.2) is 0 Å². The van der Waals surface area contributed by atoms with Crippen molar-refractivity contribution in [1.29, 1.82) is 0 Å². The highest BCUT2D eigenvalue weighted by Gasteiger charge is 2.19. The van der Waals surface area contributed by atoms with E-state index in [-0.39, 0.29) is 18.3 Å². The molecule has 0 rings (SSSR count). The average molecular weight is 509 g/mol. The molecule has 37 heavy (non-hydrogen) atoms. The molecule has 2 nitrogen and oxygen atoms in total. The van der Waals surface area contributed by atoms with Gasteiger partial charge in [0.2, 0.25) is 0 Å². The number of carboxylic acid groups (broad SMARTS) is 1. The molecular formula is C35H56O2. The van der Waals surface area contributed by atoms with Gasteiger partial charge >= 0.3 is 5.97 Å². The van der Waals surface area contributed by atoms with Crippen molar-refractivity contribution in [3.05, 3.63) is 83.6 Å². The van der Waals surface area contributed by atoms with E-state index < -0.39 is 5.97 Å². The number of allylic oxidation sites excluding steroid dienone is 14. The number of rotatable bonds is 19. The van der Waals surface area contributed by atoms with Gasteiger partial charge in [-0.1, -0.05) is 97.4 Å². The Morgan fingerprint density at radius 1 is 0.676 bits per heavy atom. The first-order valence-electron chi connectivity index (χ1n) is 14.4. The molecule has 0 aliphatic carbocycles. The first kappa shape index (κ1) is 34.6. The molecule has 4 unspecified atom stereocenters. The summed E-state index contributed by atoms with van der Waals surface area (Å²) in [5, 5.41) is 9.57. The molecule has 0 aromatic heterocycles. The minimum Gasteiger partial charge on any atom is -0.481 e. The molecular weight excluding hydrogens is 452 g/mol. The van der Waals surface area contributed by atoms with Crippen LogP contribution in [0.4, 0.5) is 0 Å². The lowest BCUT2D eigenvalue weighted by Gasteiger charge is -2.22. The maximum atomic E-state index is 11.6. The van der Waals surface area contributed by atoms with E-state index >= 15 is 0 Å². The third-order valence-electron chi connectivity index (χ3n) is 6.76. The first-order chi connectivity index (χ1) is 17.6. The van der Waals surface area contributed by atoms with Crippen LogP contribution in [0.2, 0.25) is 0 Å². The van der Waals surface area contributed by atoms with Crippen molar-refractivity contribution in [2.75, 3.05) is 0 Å². The van der Waals surface area contributed by atoms with E-state index in [1.165, 1.54) is 16.7 Å². The topological polar surface area (TPSA) is 37.3 Å². The highest BCUT2D eigenvalue weighted by atomic mass is 16.4. The number of hydrogen-bond donors (Lipinski definition) is 1. The van der Waals surface area contributed by atoms with E-state index in [9.17, 15) is 9.90 Å². The van der Waals surface area contributed by atoms with Crippen LogP contribution in [-0.2, 0) is 4.79 Å². The van der Waals surface area contributed by atoms with Crippen LogP contribution in [0.15, 0.2) is 83.6 Å². The fraction of sp³-hybridized carbons (Fsp3) is 0.571. The molecule has 0 aromatic carbocycles. The Kier molecular flexibility index (Phi) is 20.3. The summed E-state index contributed by atoms with van der Waals surface area (Å²) < 4.78 is 0. The number of unbranched alkanes of at least 4 members (excludes halogenated alkanes) is 2. The fourth-order valence-electron chi connectivity index (χ4n) is 4.46. The van der Waals surface area contributed by atoms with Crippen LogP contribution >= 0.6 is 0 Å². The van der Waals surface area contributed by atoms with Gasteiger partial charge in [0, 0.05) is 0 Å². The highest BCUT2D eigenvalue weighted by Crippen LogP contribution is 2.29. The Bertz CT molecular complexity index is 827. The van der Waals surface area contributed by atoms with Crippen molar-refractivity contribution < 1.29 is 9.90 Å². The second-order valence-corrected chi connectivity index (χ2v) is 10.8. The van der Waals surface area contributed by atoms with Gasteiger partial charge in [0.1, 0.15) is 0 Å². The maximum Gasteiger partial charge on any atom is 0.303 e. The minimum absolute atomic E-state index is 0.00513. The largest absolute Gasteiger partial charge is 0.481 e. The summed E-state index contributed by atoms with van der Waals surface area (Å²) in [5.74, 6) is 0.297. The van der Waals surface area contributed by atoms with Gasteiger partial charge in [-0.05, 0) is 110 Å². The monoisotopic (exact) mass is 508 g/mol. The van der Waals surface area contributed by atoms with E-state index in [1.54, 1.807) is 0 Å². The Morgan fingerprint density at radius 3 is 1.59 bits per heavy atom. The number of carbonyl (C=O) groups is 1. The third-order valence-corrected chi connectivity index (χ3v) is 6.76. The van der Waals surface area contributed by atoms with Gasteiger partial charge in [0.05, 0.1) is 6.42 Å². The second-order valence-electron chi connectivity index (χ2n) is 10.8. The predicted octanol–water partition coefficient (Wildman–Crippen LogP) is 10.8.